The van der Waals surface area contributed by atoms with Gasteiger partial charge < -0.3 is 4.57 Å². The normalized spacial score (nSPS) is 14.6. The van der Waals surface area contributed by atoms with Gasteiger partial charge in [-0.2, -0.15) is 0 Å². The van der Waals surface area contributed by atoms with Crippen LogP contribution in [0.25, 0.3) is 11.0 Å². The molecule has 1 saturated carbocycles. The summed E-state index contributed by atoms with van der Waals surface area (Å²) in [4.78, 5) is 30.8. The van der Waals surface area contributed by atoms with Gasteiger partial charge in [-0.15, -0.1) is 0 Å². The molecule has 5 heteroatoms. The first-order valence-corrected chi connectivity index (χ1v) is 11.3. The maximum Gasteiger partial charge on any atom is 0.169 e. The topological polar surface area (TPSA) is 52.0 Å². The molecular formula is C26H29ClN2O2. The lowest BCUT2D eigenvalue weighted by Gasteiger charge is -2.26. The van der Waals surface area contributed by atoms with E-state index in [0.29, 0.717) is 23.6 Å². The second kappa shape index (κ2) is 8.23. The molecule has 0 amide bonds. The number of carbonyl (C=O) groups is 2. The molecule has 1 fully saturated rings. The van der Waals surface area contributed by atoms with Crippen molar-refractivity contribution < 1.29 is 9.59 Å². The minimum absolute atomic E-state index is 0.0658. The van der Waals surface area contributed by atoms with E-state index in [-0.39, 0.29) is 17.5 Å². The maximum atomic E-state index is 13.6. The Labute approximate surface area is 188 Å². The SMILES string of the molecule is CC(=O)C(C)(C)Cc1c(C(=O)C2CCC2)c2nc(C)ccc2n1Cc1ccc(Cl)cc1. The van der Waals surface area contributed by atoms with Crippen LogP contribution >= 0.6 is 11.6 Å². The third-order valence-corrected chi connectivity index (χ3v) is 6.95. The van der Waals surface area contributed by atoms with Crippen LogP contribution in [-0.4, -0.2) is 21.1 Å². The third kappa shape index (κ3) is 4.18. The lowest BCUT2D eigenvalue weighted by Crippen LogP contribution is -2.28. The van der Waals surface area contributed by atoms with Gasteiger partial charge in [0, 0.05) is 40.7 Å². The number of halogens is 1. The molecular weight excluding hydrogens is 408 g/mol. The largest absolute Gasteiger partial charge is 0.338 e. The summed E-state index contributed by atoms with van der Waals surface area (Å²) in [5.41, 5.74) is 4.74. The number of aryl methyl sites for hydroxylation is 1. The number of pyridine rings is 1. The Bertz CT molecular complexity index is 1150. The summed E-state index contributed by atoms with van der Waals surface area (Å²) in [5.74, 6) is 0.358. The standard InChI is InChI=1S/C26H29ClN2O2/c1-16-8-13-21-24(28-16)23(25(31)19-6-5-7-19)22(14-26(3,4)17(2)30)29(21)15-18-9-11-20(27)12-10-18/h8-13,19H,5-7,14-15H2,1-4H3. The highest BCUT2D eigenvalue weighted by molar-refractivity contribution is 6.30. The minimum Gasteiger partial charge on any atom is -0.338 e. The van der Waals surface area contributed by atoms with Gasteiger partial charge in [0.15, 0.2) is 5.78 Å². The van der Waals surface area contributed by atoms with Crippen molar-refractivity contribution in [2.24, 2.45) is 11.3 Å². The van der Waals surface area contributed by atoms with Crippen LogP contribution in [0.1, 0.15) is 67.3 Å². The van der Waals surface area contributed by atoms with Crippen molar-refractivity contribution >= 4 is 34.2 Å². The number of hydrogen-bond donors (Lipinski definition) is 0. The van der Waals surface area contributed by atoms with Crippen LogP contribution in [0.5, 0.6) is 0 Å². The van der Waals surface area contributed by atoms with Crippen LogP contribution in [0, 0.1) is 18.3 Å². The molecule has 3 aromatic rings. The van der Waals surface area contributed by atoms with Gasteiger partial charge >= 0.3 is 0 Å². The van der Waals surface area contributed by atoms with E-state index in [1.807, 2.05) is 51.1 Å². The summed E-state index contributed by atoms with van der Waals surface area (Å²) in [6, 6.07) is 11.8. The second-order valence-electron chi connectivity index (χ2n) is 9.46. The average Bonchev–Trinajstić information content (AvgIpc) is 2.93. The summed E-state index contributed by atoms with van der Waals surface area (Å²) < 4.78 is 2.18. The highest BCUT2D eigenvalue weighted by atomic mass is 35.5. The van der Waals surface area contributed by atoms with Crippen LogP contribution in [-0.2, 0) is 17.8 Å². The Hall–Kier alpha value is -2.46. The minimum atomic E-state index is -0.574. The average molecular weight is 437 g/mol. The monoisotopic (exact) mass is 436 g/mol. The van der Waals surface area contributed by atoms with Crippen LogP contribution in [0.15, 0.2) is 36.4 Å². The predicted molar refractivity (Wildman–Crippen MR) is 125 cm³/mol. The number of fused-ring (bicyclic) bond motifs is 1. The Morgan fingerprint density at radius 3 is 2.39 bits per heavy atom. The van der Waals surface area contributed by atoms with E-state index < -0.39 is 5.41 Å². The van der Waals surface area contributed by atoms with E-state index in [1.54, 1.807) is 6.92 Å². The molecule has 2 aromatic heterocycles. The molecule has 31 heavy (non-hydrogen) atoms. The Morgan fingerprint density at radius 1 is 1.13 bits per heavy atom. The van der Waals surface area contributed by atoms with Crippen LogP contribution in [0.4, 0.5) is 0 Å². The fourth-order valence-electron chi connectivity index (χ4n) is 4.18. The predicted octanol–water partition coefficient (Wildman–Crippen LogP) is 6.19. The molecule has 4 nitrogen and oxygen atoms in total. The van der Waals surface area contributed by atoms with Crippen LogP contribution < -0.4 is 0 Å². The van der Waals surface area contributed by atoms with E-state index in [1.165, 1.54) is 0 Å². The van der Waals surface area contributed by atoms with Gasteiger partial charge in [0.05, 0.1) is 16.6 Å². The van der Waals surface area contributed by atoms with Gasteiger partial charge in [0.2, 0.25) is 0 Å². The smallest absolute Gasteiger partial charge is 0.169 e. The van der Waals surface area contributed by atoms with Crippen LogP contribution in [0.3, 0.4) is 0 Å². The molecule has 0 bridgehead atoms. The lowest BCUT2D eigenvalue weighted by atomic mass is 9.77. The number of rotatable bonds is 7. The van der Waals surface area contributed by atoms with Gasteiger partial charge in [0.1, 0.15) is 5.78 Å². The number of benzene rings is 1. The number of aromatic nitrogens is 2. The molecule has 162 valence electrons. The highest BCUT2D eigenvalue weighted by Gasteiger charge is 2.35. The highest BCUT2D eigenvalue weighted by Crippen LogP contribution is 2.37. The summed E-state index contributed by atoms with van der Waals surface area (Å²) in [5, 5.41) is 0.692. The molecule has 4 rings (SSSR count). The van der Waals surface area contributed by atoms with Crippen molar-refractivity contribution in [3.05, 3.63) is 63.9 Å². The molecule has 0 atom stereocenters. The molecule has 1 aliphatic rings. The summed E-state index contributed by atoms with van der Waals surface area (Å²) in [6.45, 7) is 8.08. The zero-order valence-corrected chi connectivity index (χ0v) is 19.4. The van der Waals surface area contributed by atoms with Crippen molar-refractivity contribution in [2.45, 2.75) is 59.9 Å². The van der Waals surface area contributed by atoms with E-state index in [9.17, 15) is 9.59 Å². The molecule has 0 spiro atoms. The molecule has 0 unspecified atom stereocenters. The molecule has 0 aliphatic heterocycles. The molecule has 0 saturated heterocycles. The van der Waals surface area contributed by atoms with Crippen molar-refractivity contribution in [3.63, 3.8) is 0 Å². The van der Waals surface area contributed by atoms with E-state index >= 15 is 0 Å². The number of ketones is 2. The number of hydrogen-bond acceptors (Lipinski definition) is 3. The van der Waals surface area contributed by atoms with Gasteiger partial charge in [0.25, 0.3) is 0 Å². The van der Waals surface area contributed by atoms with Crippen molar-refractivity contribution in [1.29, 1.82) is 0 Å². The third-order valence-electron chi connectivity index (χ3n) is 6.69. The molecule has 2 heterocycles. The first-order chi connectivity index (χ1) is 14.7. The van der Waals surface area contributed by atoms with E-state index in [2.05, 4.69) is 10.6 Å². The molecule has 0 N–H and O–H groups in total. The first-order valence-electron chi connectivity index (χ1n) is 11.0. The van der Waals surface area contributed by atoms with Gasteiger partial charge in [-0.3, -0.25) is 14.6 Å². The van der Waals surface area contributed by atoms with Gasteiger partial charge in [-0.25, -0.2) is 0 Å². The maximum absolute atomic E-state index is 13.6. The Kier molecular flexibility index (Phi) is 5.78. The summed E-state index contributed by atoms with van der Waals surface area (Å²) in [6.07, 6.45) is 3.47. The summed E-state index contributed by atoms with van der Waals surface area (Å²) >= 11 is 6.08. The quantitative estimate of drug-likeness (QED) is 0.415. The zero-order valence-electron chi connectivity index (χ0n) is 18.7. The van der Waals surface area contributed by atoms with Gasteiger partial charge in [-0.1, -0.05) is 44.0 Å². The fourth-order valence-corrected chi connectivity index (χ4v) is 4.31. The van der Waals surface area contributed by atoms with Gasteiger partial charge in [-0.05, 0) is 56.5 Å². The number of carbonyl (C=O) groups excluding carboxylic acids is 2. The fraction of sp³-hybridized carbons (Fsp3) is 0.423. The number of Topliss-reactive ketones (excluding diaryl/α,β-unsaturated/α-hetero) is 2. The Morgan fingerprint density at radius 2 is 1.81 bits per heavy atom. The lowest BCUT2D eigenvalue weighted by molar-refractivity contribution is -0.124. The number of nitrogens with zero attached hydrogens (tertiary/aromatic N) is 2. The van der Waals surface area contributed by atoms with Crippen LogP contribution in [0.2, 0.25) is 5.02 Å². The molecule has 1 aliphatic carbocycles. The first kappa shape index (κ1) is 21.8. The van der Waals surface area contributed by atoms with Crippen molar-refractivity contribution in [2.75, 3.05) is 0 Å². The molecule has 0 radical (unpaired) electrons. The van der Waals surface area contributed by atoms with Crippen molar-refractivity contribution in [3.8, 4) is 0 Å². The zero-order chi connectivity index (χ0) is 22.3. The van der Waals surface area contributed by atoms with E-state index in [0.717, 1.165) is 47.2 Å². The van der Waals surface area contributed by atoms with Crippen molar-refractivity contribution in [1.82, 2.24) is 9.55 Å². The Balaban J connectivity index is 1.94. The summed E-state index contributed by atoms with van der Waals surface area (Å²) in [7, 11) is 0. The molecule has 1 aromatic carbocycles. The second-order valence-corrected chi connectivity index (χ2v) is 9.90. The van der Waals surface area contributed by atoms with E-state index in [4.69, 9.17) is 16.6 Å².